The topological polar surface area (TPSA) is 60.8 Å². The third-order valence-electron chi connectivity index (χ3n) is 5.22. The lowest BCUT2D eigenvalue weighted by Gasteiger charge is -2.27. The van der Waals surface area contributed by atoms with Crippen LogP contribution in [-0.4, -0.2) is 27.0 Å². The zero-order valence-electron chi connectivity index (χ0n) is 15.3. The molecule has 0 radical (unpaired) electrons. The smallest absolute Gasteiger partial charge is 0.162 e. The SMILES string of the molecule is CCCCC[C@H]1CC[C@H](c2ncc(-c3ncc(OC)cn3)cn2)CC1. The Morgan fingerprint density at radius 1 is 0.920 bits per heavy atom. The van der Waals surface area contributed by atoms with Gasteiger partial charge in [0.1, 0.15) is 5.82 Å². The average molecular weight is 340 g/mol. The van der Waals surface area contributed by atoms with Crippen molar-refractivity contribution < 1.29 is 4.74 Å². The van der Waals surface area contributed by atoms with Gasteiger partial charge in [-0.15, -0.1) is 0 Å². The zero-order valence-corrected chi connectivity index (χ0v) is 15.3. The Bertz CT molecular complexity index is 634. The number of ether oxygens (including phenoxy) is 1. The summed E-state index contributed by atoms with van der Waals surface area (Å²) < 4.78 is 5.09. The molecule has 0 N–H and O–H groups in total. The summed E-state index contributed by atoms with van der Waals surface area (Å²) in [6.07, 6.45) is 17.6. The van der Waals surface area contributed by atoms with E-state index in [0.29, 0.717) is 17.5 Å². The first kappa shape index (κ1) is 17.8. The lowest BCUT2D eigenvalue weighted by Crippen LogP contribution is -2.15. The van der Waals surface area contributed by atoms with Crippen molar-refractivity contribution in [1.82, 2.24) is 19.9 Å². The van der Waals surface area contributed by atoms with Crippen LogP contribution in [0.25, 0.3) is 11.4 Å². The molecule has 134 valence electrons. The van der Waals surface area contributed by atoms with E-state index in [-0.39, 0.29) is 0 Å². The third-order valence-corrected chi connectivity index (χ3v) is 5.22. The lowest BCUT2D eigenvalue weighted by atomic mass is 9.79. The summed E-state index contributed by atoms with van der Waals surface area (Å²) in [4.78, 5) is 17.8. The van der Waals surface area contributed by atoms with Crippen molar-refractivity contribution in [2.24, 2.45) is 5.92 Å². The standard InChI is InChI=1S/C20H28N4O/c1-3-4-5-6-15-7-9-16(10-8-15)19-21-11-17(12-22-19)20-23-13-18(25-2)14-24-20/h11-16H,3-10H2,1-2H3/t15-,16-. The predicted octanol–water partition coefficient (Wildman–Crippen LogP) is 4.80. The molecule has 3 rings (SSSR count). The molecule has 0 unspecified atom stereocenters. The maximum Gasteiger partial charge on any atom is 0.162 e. The van der Waals surface area contributed by atoms with Gasteiger partial charge in [0, 0.05) is 18.3 Å². The minimum atomic E-state index is 0.508. The van der Waals surface area contributed by atoms with Crippen LogP contribution in [0.5, 0.6) is 5.75 Å². The molecule has 2 aromatic rings. The van der Waals surface area contributed by atoms with Gasteiger partial charge in [0.05, 0.1) is 25.1 Å². The Kier molecular flexibility index (Phi) is 6.31. The largest absolute Gasteiger partial charge is 0.494 e. The van der Waals surface area contributed by atoms with Crippen molar-refractivity contribution in [2.45, 2.75) is 64.2 Å². The van der Waals surface area contributed by atoms with Gasteiger partial charge in [0.25, 0.3) is 0 Å². The molecule has 25 heavy (non-hydrogen) atoms. The van der Waals surface area contributed by atoms with E-state index >= 15 is 0 Å². The highest BCUT2D eigenvalue weighted by Crippen LogP contribution is 2.36. The molecular formula is C20H28N4O. The monoisotopic (exact) mass is 340 g/mol. The highest BCUT2D eigenvalue weighted by Gasteiger charge is 2.23. The first-order chi connectivity index (χ1) is 12.3. The van der Waals surface area contributed by atoms with Crippen LogP contribution in [0.1, 0.15) is 70.0 Å². The van der Waals surface area contributed by atoms with Gasteiger partial charge in [-0.25, -0.2) is 19.9 Å². The fourth-order valence-corrected chi connectivity index (χ4v) is 3.63. The number of hydrogen-bond acceptors (Lipinski definition) is 5. The van der Waals surface area contributed by atoms with Crippen LogP contribution in [0.15, 0.2) is 24.8 Å². The second-order valence-corrected chi connectivity index (χ2v) is 6.99. The van der Waals surface area contributed by atoms with Gasteiger partial charge >= 0.3 is 0 Å². The van der Waals surface area contributed by atoms with Crippen LogP contribution in [0, 0.1) is 5.92 Å². The van der Waals surface area contributed by atoms with E-state index in [0.717, 1.165) is 17.3 Å². The highest BCUT2D eigenvalue weighted by atomic mass is 16.5. The summed E-state index contributed by atoms with van der Waals surface area (Å²) >= 11 is 0. The molecule has 0 atom stereocenters. The molecule has 2 aromatic heterocycles. The van der Waals surface area contributed by atoms with Crippen molar-refractivity contribution in [3.05, 3.63) is 30.6 Å². The molecule has 1 aliphatic rings. The third kappa shape index (κ3) is 4.74. The predicted molar refractivity (Wildman–Crippen MR) is 98.5 cm³/mol. The lowest BCUT2D eigenvalue weighted by molar-refractivity contribution is 0.297. The molecule has 2 heterocycles. The number of nitrogens with zero attached hydrogens (tertiary/aromatic N) is 4. The Hall–Kier alpha value is -2.04. The van der Waals surface area contributed by atoms with Crippen LogP contribution < -0.4 is 4.74 Å². The first-order valence-corrected chi connectivity index (χ1v) is 9.48. The van der Waals surface area contributed by atoms with Gasteiger partial charge in [-0.1, -0.05) is 32.6 Å². The molecule has 1 saturated carbocycles. The number of hydrogen-bond donors (Lipinski definition) is 0. The van der Waals surface area contributed by atoms with E-state index in [1.54, 1.807) is 19.5 Å². The van der Waals surface area contributed by atoms with Crippen LogP contribution in [-0.2, 0) is 0 Å². The number of rotatable bonds is 7. The van der Waals surface area contributed by atoms with Crippen LogP contribution in [0.4, 0.5) is 0 Å². The van der Waals surface area contributed by atoms with Crippen molar-refractivity contribution in [3.8, 4) is 17.1 Å². The maximum atomic E-state index is 5.09. The summed E-state index contributed by atoms with van der Waals surface area (Å²) in [5.41, 5.74) is 0.847. The highest BCUT2D eigenvalue weighted by molar-refractivity contribution is 5.51. The Labute approximate surface area is 150 Å². The average Bonchev–Trinajstić information content (AvgIpc) is 2.69. The second kappa shape index (κ2) is 8.88. The molecule has 1 aliphatic carbocycles. The maximum absolute atomic E-state index is 5.09. The second-order valence-electron chi connectivity index (χ2n) is 6.99. The van der Waals surface area contributed by atoms with E-state index in [1.165, 1.54) is 51.4 Å². The van der Waals surface area contributed by atoms with E-state index in [4.69, 9.17) is 4.74 Å². The van der Waals surface area contributed by atoms with Gasteiger partial charge in [-0.3, -0.25) is 0 Å². The van der Waals surface area contributed by atoms with E-state index in [1.807, 2.05) is 12.4 Å². The summed E-state index contributed by atoms with van der Waals surface area (Å²) in [6.45, 7) is 2.27. The van der Waals surface area contributed by atoms with Crippen LogP contribution >= 0.6 is 0 Å². The summed E-state index contributed by atoms with van der Waals surface area (Å²) in [7, 11) is 1.61. The van der Waals surface area contributed by atoms with Crippen molar-refractivity contribution in [2.75, 3.05) is 7.11 Å². The Morgan fingerprint density at radius 3 is 2.20 bits per heavy atom. The van der Waals surface area contributed by atoms with Crippen molar-refractivity contribution in [1.29, 1.82) is 0 Å². The van der Waals surface area contributed by atoms with E-state index in [9.17, 15) is 0 Å². The molecule has 5 heteroatoms. The number of methoxy groups -OCH3 is 1. The first-order valence-electron chi connectivity index (χ1n) is 9.48. The molecule has 0 saturated heterocycles. The number of aromatic nitrogens is 4. The van der Waals surface area contributed by atoms with Gasteiger partial charge in [0.15, 0.2) is 11.6 Å². The summed E-state index contributed by atoms with van der Waals surface area (Å²) in [5.74, 6) is 3.68. The minimum absolute atomic E-state index is 0.508. The normalized spacial score (nSPS) is 20.4. The molecule has 1 fully saturated rings. The molecule has 0 bridgehead atoms. The Balaban J connectivity index is 1.56. The van der Waals surface area contributed by atoms with Gasteiger partial charge < -0.3 is 4.74 Å². The van der Waals surface area contributed by atoms with Gasteiger partial charge in [-0.2, -0.15) is 0 Å². The molecule has 0 amide bonds. The van der Waals surface area contributed by atoms with Crippen molar-refractivity contribution >= 4 is 0 Å². The Morgan fingerprint density at radius 2 is 1.60 bits per heavy atom. The van der Waals surface area contributed by atoms with Crippen LogP contribution in [0.3, 0.4) is 0 Å². The molecule has 0 aliphatic heterocycles. The summed E-state index contributed by atoms with van der Waals surface area (Å²) in [5, 5.41) is 0. The summed E-state index contributed by atoms with van der Waals surface area (Å²) in [6, 6.07) is 0. The van der Waals surface area contributed by atoms with Crippen molar-refractivity contribution in [3.63, 3.8) is 0 Å². The fraction of sp³-hybridized carbons (Fsp3) is 0.600. The van der Waals surface area contributed by atoms with Gasteiger partial charge in [-0.05, 0) is 31.6 Å². The number of unbranched alkanes of at least 4 members (excludes halogenated alkanes) is 2. The molecular weight excluding hydrogens is 312 g/mol. The van der Waals surface area contributed by atoms with Crippen LogP contribution in [0.2, 0.25) is 0 Å². The molecule has 5 nitrogen and oxygen atoms in total. The fourth-order valence-electron chi connectivity index (χ4n) is 3.63. The van der Waals surface area contributed by atoms with Gasteiger partial charge in [0.2, 0.25) is 0 Å². The molecule has 0 aromatic carbocycles. The van der Waals surface area contributed by atoms with E-state index < -0.39 is 0 Å². The minimum Gasteiger partial charge on any atom is -0.494 e. The zero-order chi connectivity index (χ0) is 17.5. The quantitative estimate of drug-likeness (QED) is 0.678. The molecule has 0 spiro atoms. The van der Waals surface area contributed by atoms with E-state index in [2.05, 4.69) is 26.9 Å².